The molecule has 0 atom stereocenters. The fraction of sp³-hybridized carbons (Fsp3) is 0.500. The molecule has 20 heavy (non-hydrogen) atoms. The largest absolute Gasteiger partial charge is 0.513 e. The summed E-state index contributed by atoms with van der Waals surface area (Å²) in [5.41, 5.74) is 8.72. The van der Waals surface area contributed by atoms with Gasteiger partial charge < -0.3 is 20.6 Å². The quantitative estimate of drug-likeness (QED) is 0.555. The molecule has 0 saturated heterocycles. The molecule has 0 spiro atoms. The number of aliphatic hydroxyl groups is 1. The van der Waals surface area contributed by atoms with Gasteiger partial charge in [0.2, 0.25) is 0 Å². The molecule has 0 rings (SSSR count). The van der Waals surface area contributed by atoms with E-state index in [0.717, 1.165) is 24.5 Å². The van der Waals surface area contributed by atoms with Crippen LogP contribution < -0.4 is 5.73 Å². The number of nitrogens with two attached hydrogens (primary N) is 1. The maximum atomic E-state index is 9.14. The van der Waals surface area contributed by atoms with Crippen LogP contribution in [0.1, 0.15) is 27.7 Å². The van der Waals surface area contributed by atoms with Crippen LogP contribution in [0.3, 0.4) is 0 Å². The minimum atomic E-state index is 0.317. The Morgan fingerprint density at radius 2 is 1.25 bits per heavy atom. The highest BCUT2D eigenvalue weighted by Crippen LogP contribution is 2.05. The highest BCUT2D eigenvalue weighted by atomic mass is 16.3. The first-order valence-electron chi connectivity index (χ1n) is 6.81. The van der Waals surface area contributed by atoms with Gasteiger partial charge in [-0.25, -0.2) is 0 Å². The van der Waals surface area contributed by atoms with E-state index >= 15 is 0 Å². The van der Waals surface area contributed by atoms with Crippen LogP contribution in [0.5, 0.6) is 0 Å². The lowest BCUT2D eigenvalue weighted by molar-refractivity contribution is 0.331. The van der Waals surface area contributed by atoms with Gasteiger partial charge in [0.05, 0.1) is 5.76 Å². The molecule has 4 heteroatoms. The molecule has 0 aromatic rings. The molecule has 114 valence electrons. The second kappa shape index (κ2) is 9.13. The van der Waals surface area contributed by atoms with Gasteiger partial charge in [0.25, 0.3) is 0 Å². The summed E-state index contributed by atoms with van der Waals surface area (Å²) in [6.07, 6.45) is 7.56. The molecule has 0 aliphatic rings. The van der Waals surface area contributed by atoms with E-state index in [0.29, 0.717) is 5.76 Å². The number of hydrogen-bond donors (Lipinski definition) is 2. The smallest absolute Gasteiger partial charge is 0.0892 e. The van der Waals surface area contributed by atoms with E-state index in [2.05, 4.69) is 23.8 Å². The topological polar surface area (TPSA) is 52.7 Å². The standard InChI is InChI=1S/C16H29N3O/c1-13(17)7-8-14(2)18(5)11-12-19(6)15(3)9-10-16(4)20/h7-10,20H,11-12,17H2,1-6H3/b13-7+,14-8+,15-9+,16-10+. The Bertz CT molecular complexity index is 371. The average molecular weight is 279 g/mol. The lowest BCUT2D eigenvalue weighted by atomic mass is 10.3. The van der Waals surface area contributed by atoms with Crippen LogP contribution in [0, 0.1) is 0 Å². The molecule has 3 N–H and O–H groups in total. The number of nitrogens with zero attached hydrogens (tertiary/aromatic N) is 2. The first kappa shape index (κ1) is 18.2. The number of rotatable bonds is 7. The monoisotopic (exact) mass is 279 g/mol. The zero-order valence-electron chi connectivity index (χ0n) is 13.6. The Balaban J connectivity index is 4.41. The van der Waals surface area contributed by atoms with E-state index in [-0.39, 0.29) is 0 Å². The molecule has 0 saturated carbocycles. The fourth-order valence-corrected chi connectivity index (χ4v) is 1.40. The van der Waals surface area contributed by atoms with Crippen molar-refractivity contribution in [3.8, 4) is 0 Å². The Kier molecular flexibility index (Phi) is 8.29. The Morgan fingerprint density at radius 1 is 0.850 bits per heavy atom. The molecule has 0 aromatic carbocycles. The van der Waals surface area contributed by atoms with Gasteiger partial charge in [-0.15, -0.1) is 0 Å². The third kappa shape index (κ3) is 8.29. The fourth-order valence-electron chi connectivity index (χ4n) is 1.40. The van der Waals surface area contributed by atoms with E-state index in [9.17, 15) is 0 Å². The first-order chi connectivity index (χ1) is 9.23. The van der Waals surface area contributed by atoms with E-state index < -0.39 is 0 Å². The number of likely N-dealkylation sites (N-methyl/N-ethyl adjacent to an activating group) is 2. The van der Waals surface area contributed by atoms with Crippen molar-refractivity contribution in [2.24, 2.45) is 5.73 Å². The lowest BCUT2D eigenvalue weighted by Crippen LogP contribution is -2.28. The number of aliphatic hydroxyl groups excluding tert-OH is 1. The maximum Gasteiger partial charge on any atom is 0.0892 e. The molecule has 0 radical (unpaired) electrons. The third-order valence-electron chi connectivity index (χ3n) is 3.13. The highest BCUT2D eigenvalue weighted by Gasteiger charge is 2.02. The van der Waals surface area contributed by atoms with Crippen LogP contribution in [0.15, 0.2) is 47.2 Å². The zero-order valence-corrected chi connectivity index (χ0v) is 13.6. The minimum Gasteiger partial charge on any atom is -0.513 e. The Labute approximate surface area is 123 Å². The molecule has 0 aromatic heterocycles. The van der Waals surface area contributed by atoms with Crippen LogP contribution in [0.25, 0.3) is 0 Å². The van der Waals surface area contributed by atoms with Crippen molar-refractivity contribution in [3.05, 3.63) is 47.2 Å². The maximum absolute atomic E-state index is 9.14. The van der Waals surface area contributed by atoms with Gasteiger partial charge in [-0.1, -0.05) is 0 Å². The summed E-state index contributed by atoms with van der Waals surface area (Å²) in [6.45, 7) is 9.47. The summed E-state index contributed by atoms with van der Waals surface area (Å²) in [7, 11) is 4.11. The van der Waals surface area contributed by atoms with Crippen molar-refractivity contribution in [1.82, 2.24) is 9.80 Å². The van der Waals surface area contributed by atoms with Gasteiger partial charge in [-0.3, -0.25) is 0 Å². The van der Waals surface area contributed by atoms with Crippen molar-refractivity contribution in [3.63, 3.8) is 0 Å². The predicted molar refractivity (Wildman–Crippen MR) is 87.1 cm³/mol. The summed E-state index contributed by atoms with van der Waals surface area (Å²) in [5, 5.41) is 9.14. The van der Waals surface area contributed by atoms with Crippen molar-refractivity contribution in [2.75, 3.05) is 27.2 Å². The number of hydrogen-bond acceptors (Lipinski definition) is 4. The summed E-state index contributed by atoms with van der Waals surface area (Å²) in [4.78, 5) is 4.35. The predicted octanol–water partition coefficient (Wildman–Crippen LogP) is 2.98. The van der Waals surface area contributed by atoms with Gasteiger partial charge in [0.1, 0.15) is 0 Å². The minimum absolute atomic E-state index is 0.317. The van der Waals surface area contributed by atoms with Gasteiger partial charge in [-0.05, 0) is 52.0 Å². The molecule has 0 unspecified atom stereocenters. The van der Waals surface area contributed by atoms with E-state index in [1.54, 1.807) is 13.0 Å². The van der Waals surface area contributed by atoms with Gasteiger partial charge in [0, 0.05) is 44.3 Å². The lowest BCUT2D eigenvalue weighted by Gasteiger charge is -2.25. The van der Waals surface area contributed by atoms with Crippen LogP contribution in [0.4, 0.5) is 0 Å². The van der Waals surface area contributed by atoms with Crippen LogP contribution in [-0.2, 0) is 0 Å². The van der Waals surface area contributed by atoms with Crippen LogP contribution >= 0.6 is 0 Å². The van der Waals surface area contributed by atoms with Crippen molar-refractivity contribution >= 4 is 0 Å². The van der Waals surface area contributed by atoms with E-state index in [4.69, 9.17) is 10.8 Å². The molecule has 0 aliphatic carbocycles. The van der Waals surface area contributed by atoms with Gasteiger partial charge in [0.15, 0.2) is 0 Å². The molecule has 0 heterocycles. The summed E-state index contributed by atoms with van der Waals surface area (Å²) in [5.74, 6) is 0.317. The molecule has 0 aliphatic heterocycles. The Morgan fingerprint density at radius 3 is 1.60 bits per heavy atom. The second-order valence-corrected chi connectivity index (χ2v) is 5.18. The van der Waals surface area contributed by atoms with E-state index in [1.165, 1.54) is 5.70 Å². The van der Waals surface area contributed by atoms with Crippen molar-refractivity contribution in [2.45, 2.75) is 27.7 Å². The summed E-state index contributed by atoms with van der Waals surface area (Å²) in [6, 6.07) is 0. The number of allylic oxidation sites excluding steroid dienone is 8. The first-order valence-corrected chi connectivity index (χ1v) is 6.81. The normalized spacial score (nSPS) is 14.5. The molecule has 0 fully saturated rings. The Hall–Kier alpha value is -1.84. The molecule has 0 amide bonds. The molecule has 0 bridgehead atoms. The molecular formula is C16H29N3O. The highest BCUT2D eigenvalue weighted by molar-refractivity contribution is 5.13. The van der Waals surface area contributed by atoms with Crippen molar-refractivity contribution in [1.29, 1.82) is 0 Å². The average Bonchev–Trinajstić information content (AvgIpc) is 2.38. The van der Waals surface area contributed by atoms with Gasteiger partial charge >= 0.3 is 0 Å². The van der Waals surface area contributed by atoms with Crippen LogP contribution in [0.2, 0.25) is 0 Å². The van der Waals surface area contributed by atoms with Crippen LogP contribution in [-0.4, -0.2) is 42.1 Å². The molecular weight excluding hydrogens is 250 g/mol. The summed E-state index contributed by atoms with van der Waals surface area (Å²) < 4.78 is 0. The molecule has 4 nitrogen and oxygen atoms in total. The van der Waals surface area contributed by atoms with Crippen molar-refractivity contribution < 1.29 is 5.11 Å². The second-order valence-electron chi connectivity index (χ2n) is 5.18. The van der Waals surface area contributed by atoms with Gasteiger partial charge in [-0.2, -0.15) is 0 Å². The SMILES string of the molecule is C/C(N)=C\C=C(/C)N(C)CCN(C)/C(C)=C/C=C(\C)O. The third-order valence-corrected chi connectivity index (χ3v) is 3.13. The van der Waals surface area contributed by atoms with E-state index in [1.807, 2.05) is 39.1 Å². The zero-order chi connectivity index (χ0) is 15.7. The summed E-state index contributed by atoms with van der Waals surface area (Å²) >= 11 is 0.